The molecule has 2 aliphatic carbocycles. The van der Waals surface area contributed by atoms with E-state index in [1.807, 2.05) is 37.3 Å². The Morgan fingerprint density at radius 2 is 1.18 bits per heavy atom. The number of benzene rings is 4. The molecular weight excluding hydrogens is 496 g/mol. The first kappa shape index (κ1) is 25.9. The Kier molecular flexibility index (Phi) is 7.82. The minimum absolute atomic E-state index is 0.0839. The van der Waals surface area contributed by atoms with Crippen LogP contribution in [0.5, 0.6) is 11.5 Å². The van der Waals surface area contributed by atoms with Crippen molar-refractivity contribution in [3.05, 3.63) is 93.2 Å². The molecule has 0 bridgehead atoms. The summed E-state index contributed by atoms with van der Waals surface area (Å²) in [7, 11) is 0. The average Bonchev–Trinajstić information content (AvgIpc) is 2.93. The number of nitrogens with zero attached hydrogens (tertiary/aromatic N) is 2. The van der Waals surface area contributed by atoms with E-state index in [1.54, 1.807) is 18.2 Å². The zero-order valence-electron chi connectivity index (χ0n) is 21.8. The van der Waals surface area contributed by atoms with Crippen LogP contribution in [0.4, 0.5) is 0 Å². The lowest BCUT2D eigenvalue weighted by atomic mass is 10.2. The van der Waals surface area contributed by atoms with Gasteiger partial charge in [0.15, 0.2) is 33.5 Å². The largest absolute Gasteiger partial charge is 0.494 e. The topological polar surface area (TPSA) is 105 Å². The molecule has 0 N–H and O–H groups in total. The lowest BCUT2D eigenvalue weighted by Crippen LogP contribution is -2.00. The Bertz CT molecular complexity index is 1770. The summed E-state index contributed by atoms with van der Waals surface area (Å²) in [5.74, 6) is 2.48. The number of hydrogen-bond donors (Lipinski definition) is 0. The van der Waals surface area contributed by atoms with E-state index < -0.39 is 0 Å². The fourth-order valence-corrected chi connectivity index (χ4v) is 4.06. The molecule has 2 aliphatic heterocycles. The summed E-state index contributed by atoms with van der Waals surface area (Å²) in [5.41, 5.74) is 3.91. The Morgan fingerprint density at radius 1 is 0.641 bits per heavy atom. The third-order valence-corrected chi connectivity index (χ3v) is 5.97. The van der Waals surface area contributed by atoms with E-state index in [9.17, 15) is 9.59 Å². The third-order valence-electron chi connectivity index (χ3n) is 5.97. The maximum atomic E-state index is 11.4. The molecule has 0 saturated carbocycles. The molecule has 0 fully saturated rings. The van der Waals surface area contributed by atoms with Crippen LogP contribution in [-0.2, 0) is 0 Å². The van der Waals surface area contributed by atoms with Gasteiger partial charge >= 0.3 is 0 Å². The standard InChI is InChI=1S/C17H17NO3.C14H11NO3/c1-2-3-4-9-20-13-6-8-15-17(11-13)21-16-10-12(19)5-7-14(16)18-15;1-2-17-10-4-6-12-14(8-10)18-13-7-9(16)3-5-11(13)15-12/h5-8,10-11H,2-4,9H2,1H3;3-8H,2H2,1H3. The van der Waals surface area contributed by atoms with Crippen molar-refractivity contribution in [3.63, 3.8) is 0 Å². The molecule has 6 rings (SSSR count). The molecule has 4 aliphatic rings. The Labute approximate surface area is 224 Å². The van der Waals surface area contributed by atoms with Crippen molar-refractivity contribution in [2.45, 2.75) is 33.1 Å². The number of fused-ring (bicyclic) bond motifs is 4. The normalized spacial score (nSPS) is 11.0. The van der Waals surface area contributed by atoms with Crippen molar-refractivity contribution in [2.24, 2.45) is 0 Å². The Balaban J connectivity index is 0.000000160. The van der Waals surface area contributed by atoms with Gasteiger partial charge in [0.25, 0.3) is 0 Å². The second kappa shape index (κ2) is 11.8. The van der Waals surface area contributed by atoms with Crippen LogP contribution in [0, 0.1) is 0 Å². The van der Waals surface area contributed by atoms with Gasteiger partial charge in [-0.05, 0) is 61.9 Å². The van der Waals surface area contributed by atoms with Crippen LogP contribution in [-0.4, -0.2) is 23.2 Å². The summed E-state index contributed by atoms with van der Waals surface area (Å²) >= 11 is 0. The lowest BCUT2D eigenvalue weighted by Gasteiger charge is -2.08. The molecule has 2 aromatic rings. The second-order valence-electron chi connectivity index (χ2n) is 8.93. The maximum Gasteiger partial charge on any atom is 0.182 e. The molecule has 8 heteroatoms. The van der Waals surface area contributed by atoms with Gasteiger partial charge in [-0.15, -0.1) is 0 Å². The number of ether oxygens (including phenoxy) is 2. The number of rotatable bonds is 7. The predicted molar refractivity (Wildman–Crippen MR) is 150 cm³/mol. The van der Waals surface area contributed by atoms with Crippen LogP contribution >= 0.6 is 0 Å². The second-order valence-corrected chi connectivity index (χ2v) is 8.93. The van der Waals surface area contributed by atoms with Crippen molar-refractivity contribution >= 4 is 22.2 Å². The van der Waals surface area contributed by atoms with Gasteiger partial charge in [-0.3, -0.25) is 9.59 Å². The van der Waals surface area contributed by atoms with Crippen molar-refractivity contribution < 1.29 is 18.3 Å². The van der Waals surface area contributed by atoms with E-state index in [0.29, 0.717) is 47.3 Å². The van der Waals surface area contributed by atoms with Crippen LogP contribution in [0.3, 0.4) is 0 Å². The zero-order chi connectivity index (χ0) is 27.2. The molecule has 8 nitrogen and oxygen atoms in total. The molecule has 0 aromatic heterocycles. The van der Waals surface area contributed by atoms with Gasteiger partial charge in [0.1, 0.15) is 33.9 Å². The van der Waals surface area contributed by atoms with E-state index in [2.05, 4.69) is 16.9 Å². The Morgan fingerprint density at radius 3 is 1.69 bits per heavy atom. The molecule has 0 atom stereocenters. The molecule has 2 aromatic carbocycles. The van der Waals surface area contributed by atoms with Crippen LogP contribution in [0.15, 0.2) is 91.2 Å². The highest BCUT2D eigenvalue weighted by Gasteiger charge is 2.11. The third kappa shape index (κ3) is 6.23. The summed E-state index contributed by atoms with van der Waals surface area (Å²) < 4.78 is 22.5. The number of unbranched alkanes of at least 4 members (excludes halogenated alkanes) is 2. The lowest BCUT2D eigenvalue weighted by molar-refractivity contribution is 0.306. The monoisotopic (exact) mass is 524 g/mol. The van der Waals surface area contributed by atoms with Crippen LogP contribution in [0.25, 0.3) is 45.1 Å². The maximum absolute atomic E-state index is 11.4. The summed E-state index contributed by atoms with van der Waals surface area (Å²) in [5, 5.41) is 0. The van der Waals surface area contributed by atoms with Crippen molar-refractivity contribution in [1.29, 1.82) is 0 Å². The highest BCUT2D eigenvalue weighted by molar-refractivity contribution is 5.78. The SMILES string of the molecule is CCCCCOc1ccc2nc3ccc(=O)cc-3oc2c1.CCOc1ccc2nc3ccc(=O)cc-3oc2c1. The van der Waals surface area contributed by atoms with Crippen molar-refractivity contribution in [3.8, 4) is 34.4 Å². The van der Waals surface area contributed by atoms with Gasteiger partial charge in [0.05, 0.1) is 13.2 Å². The molecule has 198 valence electrons. The molecular formula is C31H28N2O6. The van der Waals surface area contributed by atoms with Gasteiger partial charge in [0, 0.05) is 24.3 Å². The highest BCUT2D eigenvalue weighted by atomic mass is 16.5. The first-order chi connectivity index (χ1) is 19.0. The molecule has 39 heavy (non-hydrogen) atoms. The van der Waals surface area contributed by atoms with Crippen molar-refractivity contribution in [2.75, 3.05) is 13.2 Å². The van der Waals surface area contributed by atoms with E-state index in [0.717, 1.165) is 35.4 Å². The molecule has 0 amide bonds. The summed E-state index contributed by atoms with van der Waals surface area (Å²) in [6.45, 7) is 5.38. The van der Waals surface area contributed by atoms with Gasteiger partial charge in [-0.1, -0.05) is 19.8 Å². The summed E-state index contributed by atoms with van der Waals surface area (Å²) in [6, 6.07) is 20.3. The van der Waals surface area contributed by atoms with E-state index >= 15 is 0 Å². The van der Waals surface area contributed by atoms with Gasteiger partial charge in [0.2, 0.25) is 0 Å². The molecule has 0 unspecified atom stereocenters. The van der Waals surface area contributed by atoms with Crippen molar-refractivity contribution in [1.82, 2.24) is 9.97 Å². The van der Waals surface area contributed by atoms with Crippen LogP contribution < -0.4 is 20.3 Å². The van der Waals surface area contributed by atoms with Gasteiger partial charge in [-0.25, -0.2) is 9.97 Å². The van der Waals surface area contributed by atoms with E-state index in [1.165, 1.54) is 30.7 Å². The molecule has 0 saturated heterocycles. The smallest absolute Gasteiger partial charge is 0.182 e. The van der Waals surface area contributed by atoms with E-state index in [-0.39, 0.29) is 10.9 Å². The number of aromatic nitrogens is 2. The summed E-state index contributed by atoms with van der Waals surface area (Å²) in [4.78, 5) is 31.6. The first-order valence-electron chi connectivity index (χ1n) is 13.0. The fraction of sp³-hybridized carbons (Fsp3) is 0.226. The first-order valence-corrected chi connectivity index (χ1v) is 13.0. The predicted octanol–water partition coefficient (Wildman–Crippen LogP) is 6.55. The van der Waals surface area contributed by atoms with E-state index in [4.69, 9.17) is 18.3 Å². The quantitative estimate of drug-likeness (QED) is 0.171. The van der Waals surface area contributed by atoms with Crippen LogP contribution in [0.2, 0.25) is 0 Å². The number of hydrogen-bond acceptors (Lipinski definition) is 8. The fourth-order valence-electron chi connectivity index (χ4n) is 4.06. The zero-order valence-corrected chi connectivity index (χ0v) is 21.8. The van der Waals surface area contributed by atoms with Gasteiger partial charge < -0.3 is 18.3 Å². The molecule has 0 spiro atoms. The molecule has 0 radical (unpaired) electrons. The average molecular weight is 525 g/mol. The van der Waals surface area contributed by atoms with Crippen LogP contribution in [0.1, 0.15) is 33.1 Å². The summed E-state index contributed by atoms with van der Waals surface area (Å²) in [6.07, 6.45) is 3.38. The highest BCUT2D eigenvalue weighted by Crippen LogP contribution is 2.27. The minimum atomic E-state index is -0.0895. The molecule has 2 heterocycles. The van der Waals surface area contributed by atoms with Gasteiger partial charge in [-0.2, -0.15) is 0 Å². The Hall–Kier alpha value is -4.72. The minimum Gasteiger partial charge on any atom is -0.494 e.